The number of hydrogen-bond acceptors (Lipinski definition) is 1. The fourth-order valence-corrected chi connectivity index (χ4v) is 6.06. The third-order valence-corrected chi connectivity index (χ3v) is 9.77. The van der Waals surface area contributed by atoms with Gasteiger partial charge in [0.2, 0.25) is 0 Å². The molecule has 1 nitrogen and oxygen atoms in total. The first-order valence-electron chi connectivity index (χ1n) is 6.92. The van der Waals surface area contributed by atoms with E-state index in [1.54, 1.807) is 20.8 Å². The second kappa shape index (κ2) is 6.44. The number of hydrogen-bond donors (Lipinski definition) is 1. The maximum absolute atomic E-state index is 13.4. The van der Waals surface area contributed by atoms with E-state index in [0.29, 0.717) is 18.1 Å². The summed E-state index contributed by atoms with van der Waals surface area (Å²) in [5.74, 6) is 0. The fourth-order valence-electron chi connectivity index (χ4n) is 2.30. The van der Waals surface area contributed by atoms with E-state index in [9.17, 15) is 18.3 Å². The molecule has 1 atom stereocenters. The number of allylic oxidation sites excluding steroid dienone is 1. The van der Waals surface area contributed by atoms with Crippen molar-refractivity contribution in [1.29, 1.82) is 0 Å². The fraction of sp³-hybridized carbons (Fsp3) is 0.857. The van der Waals surface area contributed by atoms with Crippen molar-refractivity contribution >= 4 is 8.07 Å². The van der Waals surface area contributed by atoms with Gasteiger partial charge in [0, 0.05) is 5.20 Å². The van der Waals surface area contributed by atoms with Gasteiger partial charge in [0.15, 0.2) is 0 Å². The average molecular weight is 296 g/mol. The van der Waals surface area contributed by atoms with Crippen LogP contribution in [0.5, 0.6) is 0 Å². The van der Waals surface area contributed by atoms with Crippen molar-refractivity contribution < 1.29 is 18.3 Å². The van der Waals surface area contributed by atoms with Gasteiger partial charge in [-0.25, -0.2) is 0 Å². The van der Waals surface area contributed by atoms with E-state index in [1.807, 2.05) is 20.8 Å². The smallest absolute Gasteiger partial charge is 0.388 e. The van der Waals surface area contributed by atoms with Gasteiger partial charge in [-0.1, -0.05) is 65.8 Å². The second-order valence-electron chi connectivity index (χ2n) is 6.23. The Kier molecular flexibility index (Phi) is 6.34. The van der Waals surface area contributed by atoms with Gasteiger partial charge in [0.05, 0.1) is 14.2 Å². The van der Waals surface area contributed by atoms with Crippen molar-refractivity contribution in [2.45, 2.75) is 72.0 Å². The zero-order chi connectivity index (χ0) is 15.5. The molecule has 1 unspecified atom stereocenters. The Hall–Kier alpha value is -0.293. The van der Waals surface area contributed by atoms with Gasteiger partial charge in [-0.15, -0.1) is 0 Å². The third kappa shape index (κ3) is 4.63. The SMILES string of the molecule is CC[Si](CC)(CC)/C(=C/C(O)C(C)(C)C)C(F)(F)F. The van der Waals surface area contributed by atoms with Crippen LogP contribution in [-0.2, 0) is 0 Å². The van der Waals surface area contributed by atoms with Crippen LogP contribution in [0.25, 0.3) is 0 Å². The van der Waals surface area contributed by atoms with Crippen LogP contribution in [0, 0.1) is 5.41 Å². The molecule has 1 N–H and O–H groups in total. The summed E-state index contributed by atoms with van der Waals surface area (Å²) in [7, 11) is -2.55. The van der Waals surface area contributed by atoms with E-state index in [1.165, 1.54) is 0 Å². The van der Waals surface area contributed by atoms with Crippen LogP contribution >= 0.6 is 0 Å². The molecule has 0 heterocycles. The number of aliphatic hydroxyl groups excluding tert-OH is 1. The van der Waals surface area contributed by atoms with Crippen LogP contribution in [-0.4, -0.2) is 25.5 Å². The molecule has 0 aromatic heterocycles. The van der Waals surface area contributed by atoms with Gasteiger partial charge in [-0.3, -0.25) is 0 Å². The van der Waals surface area contributed by atoms with Crippen LogP contribution < -0.4 is 0 Å². The largest absolute Gasteiger partial charge is 0.408 e. The third-order valence-electron chi connectivity index (χ3n) is 4.12. The normalized spacial score (nSPS) is 16.6. The summed E-state index contributed by atoms with van der Waals surface area (Å²) in [6.45, 7) is 10.7. The van der Waals surface area contributed by atoms with E-state index in [0.717, 1.165) is 6.08 Å². The molecular formula is C14H27F3OSi. The van der Waals surface area contributed by atoms with Crippen molar-refractivity contribution in [2.24, 2.45) is 5.41 Å². The van der Waals surface area contributed by atoms with E-state index in [4.69, 9.17) is 0 Å². The first kappa shape index (κ1) is 18.7. The summed E-state index contributed by atoms with van der Waals surface area (Å²) in [5.41, 5.74) is -0.578. The Labute approximate surface area is 115 Å². The van der Waals surface area contributed by atoms with Gasteiger partial charge in [-0.05, 0) is 5.41 Å². The molecule has 0 aliphatic carbocycles. The minimum absolute atomic E-state index is 0.435. The molecular weight excluding hydrogens is 269 g/mol. The predicted molar refractivity (Wildman–Crippen MR) is 76.8 cm³/mol. The standard InChI is InChI=1S/C14H27F3OSi/c1-7-19(8-2,9-3)12(14(15,16)17)10-11(18)13(4,5)6/h10-11,18H,7-9H2,1-6H3/b12-10+. The molecule has 0 amide bonds. The Morgan fingerprint density at radius 2 is 1.42 bits per heavy atom. The van der Waals surface area contributed by atoms with E-state index in [-0.39, 0.29) is 0 Å². The van der Waals surface area contributed by atoms with Crippen molar-refractivity contribution in [1.82, 2.24) is 0 Å². The summed E-state index contributed by atoms with van der Waals surface area (Å²) in [6.07, 6.45) is -4.32. The Bertz CT molecular complexity index is 303. The monoisotopic (exact) mass is 296 g/mol. The van der Waals surface area contributed by atoms with E-state index < -0.39 is 31.0 Å². The Morgan fingerprint density at radius 3 is 1.63 bits per heavy atom. The second-order valence-corrected chi connectivity index (χ2v) is 11.5. The molecule has 0 aromatic rings. The number of halogens is 3. The van der Waals surface area contributed by atoms with E-state index >= 15 is 0 Å². The van der Waals surface area contributed by atoms with Crippen molar-refractivity contribution in [3.63, 3.8) is 0 Å². The number of aliphatic hydroxyl groups is 1. The topological polar surface area (TPSA) is 20.2 Å². The minimum Gasteiger partial charge on any atom is -0.388 e. The highest BCUT2D eigenvalue weighted by molar-refractivity contribution is 6.86. The molecule has 0 spiro atoms. The molecule has 19 heavy (non-hydrogen) atoms. The number of alkyl halides is 3. The highest BCUT2D eigenvalue weighted by atomic mass is 28.3. The van der Waals surface area contributed by atoms with E-state index in [2.05, 4.69) is 0 Å². The maximum atomic E-state index is 13.4. The van der Waals surface area contributed by atoms with Gasteiger partial charge < -0.3 is 5.11 Å². The van der Waals surface area contributed by atoms with Gasteiger partial charge in [0.25, 0.3) is 0 Å². The van der Waals surface area contributed by atoms with Crippen molar-refractivity contribution in [3.05, 3.63) is 11.3 Å². The molecule has 0 radical (unpaired) electrons. The number of rotatable bonds is 5. The van der Waals surface area contributed by atoms with Crippen LogP contribution in [0.4, 0.5) is 13.2 Å². The molecule has 0 rings (SSSR count). The molecule has 0 bridgehead atoms. The van der Waals surface area contributed by atoms with Gasteiger partial charge in [-0.2, -0.15) is 13.2 Å². The zero-order valence-electron chi connectivity index (χ0n) is 12.9. The quantitative estimate of drug-likeness (QED) is 0.713. The molecule has 0 aliphatic heterocycles. The highest BCUT2D eigenvalue weighted by Crippen LogP contribution is 2.40. The average Bonchev–Trinajstić information content (AvgIpc) is 2.27. The molecule has 0 fully saturated rings. The molecule has 0 aromatic carbocycles. The molecule has 0 aliphatic rings. The Balaban J connectivity index is 5.78. The summed E-state index contributed by atoms with van der Waals surface area (Å²) in [5, 5.41) is 9.58. The molecule has 0 saturated heterocycles. The highest BCUT2D eigenvalue weighted by Gasteiger charge is 2.47. The first-order chi connectivity index (χ1) is 8.44. The lowest BCUT2D eigenvalue weighted by Gasteiger charge is -2.34. The summed E-state index contributed by atoms with van der Waals surface area (Å²) < 4.78 is 40.1. The lowest BCUT2D eigenvalue weighted by atomic mass is 9.89. The van der Waals surface area contributed by atoms with Crippen LogP contribution in [0.15, 0.2) is 11.3 Å². The lowest BCUT2D eigenvalue weighted by molar-refractivity contribution is -0.0872. The van der Waals surface area contributed by atoms with Crippen molar-refractivity contribution in [2.75, 3.05) is 0 Å². The molecule has 114 valence electrons. The molecule has 0 saturated carbocycles. The zero-order valence-corrected chi connectivity index (χ0v) is 13.9. The van der Waals surface area contributed by atoms with Crippen molar-refractivity contribution in [3.8, 4) is 0 Å². The maximum Gasteiger partial charge on any atom is 0.408 e. The van der Waals surface area contributed by atoms with Gasteiger partial charge >= 0.3 is 6.18 Å². The van der Waals surface area contributed by atoms with Crippen LogP contribution in [0.1, 0.15) is 41.5 Å². The predicted octanol–water partition coefficient (Wildman–Crippen LogP) is 4.93. The Morgan fingerprint density at radius 1 is 1.05 bits per heavy atom. The minimum atomic E-state index is -4.33. The molecule has 5 heteroatoms. The first-order valence-corrected chi connectivity index (χ1v) is 9.54. The summed E-state index contributed by atoms with van der Waals surface area (Å²) in [6, 6.07) is 1.67. The summed E-state index contributed by atoms with van der Waals surface area (Å²) in [4.78, 5) is 0. The van der Waals surface area contributed by atoms with Gasteiger partial charge in [0.1, 0.15) is 0 Å². The van der Waals surface area contributed by atoms with Crippen LogP contribution in [0.3, 0.4) is 0 Å². The lowest BCUT2D eigenvalue weighted by Crippen LogP contribution is -2.43. The summed E-state index contributed by atoms with van der Waals surface area (Å²) >= 11 is 0. The van der Waals surface area contributed by atoms with Crippen LogP contribution in [0.2, 0.25) is 18.1 Å².